The SMILES string of the molecule is CCC1(N)CN(c2nc3ccccc3s2)C1. The van der Waals surface area contributed by atoms with E-state index in [1.54, 1.807) is 11.3 Å². The molecular formula is C12H15N3S. The van der Waals surface area contributed by atoms with Crippen LogP contribution >= 0.6 is 11.3 Å². The molecular weight excluding hydrogens is 218 g/mol. The molecule has 1 fully saturated rings. The summed E-state index contributed by atoms with van der Waals surface area (Å²) in [6, 6.07) is 8.26. The van der Waals surface area contributed by atoms with Gasteiger partial charge in [-0.2, -0.15) is 0 Å². The Bertz CT molecular complexity index is 481. The first kappa shape index (κ1) is 10.1. The Balaban J connectivity index is 1.86. The Morgan fingerprint density at radius 3 is 2.88 bits per heavy atom. The number of anilines is 1. The number of nitrogens with zero attached hydrogens (tertiary/aromatic N) is 2. The third-order valence-corrected chi connectivity index (χ3v) is 4.37. The Morgan fingerprint density at radius 1 is 1.44 bits per heavy atom. The number of para-hydroxylation sites is 1. The van der Waals surface area contributed by atoms with Gasteiger partial charge < -0.3 is 10.6 Å². The van der Waals surface area contributed by atoms with Crippen molar-refractivity contribution in [1.82, 2.24) is 4.98 Å². The molecule has 3 rings (SSSR count). The summed E-state index contributed by atoms with van der Waals surface area (Å²) < 4.78 is 1.25. The zero-order valence-corrected chi connectivity index (χ0v) is 10.1. The minimum absolute atomic E-state index is 0.0118. The summed E-state index contributed by atoms with van der Waals surface area (Å²) in [6.07, 6.45) is 1.04. The van der Waals surface area contributed by atoms with E-state index in [0.29, 0.717) is 0 Å². The lowest BCUT2D eigenvalue weighted by molar-refractivity contribution is 0.322. The van der Waals surface area contributed by atoms with Crippen molar-refractivity contribution in [2.75, 3.05) is 18.0 Å². The van der Waals surface area contributed by atoms with Gasteiger partial charge in [-0.1, -0.05) is 30.4 Å². The van der Waals surface area contributed by atoms with Crippen molar-refractivity contribution in [3.8, 4) is 0 Å². The van der Waals surface area contributed by atoms with Crippen LogP contribution < -0.4 is 10.6 Å². The zero-order valence-electron chi connectivity index (χ0n) is 9.31. The molecule has 2 N–H and O–H groups in total. The molecule has 2 heterocycles. The molecule has 0 atom stereocenters. The fourth-order valence-corrected chi connectivity index (χ4v) is 3.03. The lowest BCUT2D eigenvalue weighted by Gasteiger charge is -2.47. The minimum atomic E-state index is 0.0118. The number of rotatable bonds is 2. The van der Waals surface area contributed by atoms with Crippen molar-refractivity contribution >= 4 is 26.7 Å². The van der Waals surface area contributed by atoms with Crippen LogP contribution in [0.3, 0.4) is 0 Å². The maximum atomic E-state index is 6.16. The predicted molar refractivity (Wildman–Crippen MR) is 69.0 cm³/mol. The number of nitrogens with two attached hydrogens (primary N) is 1. The summed E-state index contributed by atoms with van der Waals surface area (Å²) in [5.41, 5.74) is 7.26. The topological polar surface area (TPSA) is 42.1 Å². The maximum absolute atomic E-state index is 6.16. The fourth-order valence-electron chi connectivity index (χ4n) is 2.07. The zero-order chi connectivity index (χ0) is 11.2. The number of hydrogen-bond acceptors (Lipinski definition) is 4. The lowest BCUT2D eigenvalue weighted by atomic mass is 9.89. The molecule has 84 valence electrons. The van der Waals surface area contributed by atoms with E-state index >= 15 is 0 Å². The summed E-state index contributed by atoms with van der Waals surface area (Å²) in [4.78, 5) is 6.90. The molecule has 0 aliphatic carbocycles. The lowest BCUT2D eigenvalue weighted by Crippen LogP contribution is -2.67. The van der Waals surface area contributed by atoms with Crippen LogP contribution in [0.1, 0.15) is 13.3 Å². The highest BCUT2D eigenvalue weighted by Crippen LogP contribution is 2.34. The van der Waals surface area contributed by atoms with E-state index in [1.807, 2.05) is 6.07 Å². The molecule has 0 amide bonds. The second-order valence-corrected chi connectivity index (χ2v) is 5.55. The van der Waals surface area contributed by atoms with Crippen molar-refractivity contribution < 1.29 is 0 Å². The van der Waals surface area contributed by atoms with E-state index in [0.717, 1.165) is 30.2 Å². The van der Waals surface area contributed by atoms with Crippen LogP contribution in [0.2, 0.25) is 0 Å². The summed E-state index contributed by atoms with van der Waals surface area (Å²) in [5, 5.41) is 1.11. The number of fused-ring (bicyclic) bond motifs is 1. The average Bonchev–Trinajstić information content (AvgIpc) is 2.67. The van der Waals surface area contributed by atoms with Crippen LogP contribution in [0.25, 0.3) is 10.2 Å². The van der Waals surface area contributed by atoms with Crippen LogP contribution in [0.5, 0.6) is 0 Å². The van der Waals surface area contributed by atoms with Gasteiger partial charge in [0.05, 0.1) is 15.8 Å². The van der Waals surface area contributed by atoms with E-state index in [9.17, 15) is 0 Å². The second-order valence-electron chi connectivity index (χ2n) is 4.54. The van der Waals surface area contributed by atoms with Crippen molar-refractivity contribution in [3.63, 3.8) is 0 Å². The molecule has 1 aliphatic rings. The third-order valence-electron chi connectivity index (χ3n) is 3.27. The van der Waals surface area contributed by atoms with E-state index in [-0.39, 0.29) is 5.54 Å². The molecule has 1 aromatic carbocycles. The Kier molecular flexibility index (Phi) is 2.16. The van der Waals surface area contributed by atoms with Gasteiger partial charge in [0.15, 0.2) is 5.13 Å². The van der Waals surface area contributed by atoms with Gasteiger partial charge in [0.1, 0.15) is 0 Å². The monoisotopic (exact) mass is 233 g/mol. The molecule has 0 spiro atoms. The highest BCUT2D eigenvalue weighted by atomic mass is 32.1. The predicted octanol–water partition coefficient (Wildman–Crippen LogP) is 2.22. The van der Waals surface area contributed by atoms with Crippen LogP contribution in [-0.4, -0.2) is 23.6 Å². The molecule has 1 saturated heterocycles. The summed E-state index contributed by atoms with van der Waals surface area (Å²) in [6.45, 7) is 4.02. The summed E-state index contributed by atoms with van der Waals surface area (Å²) in [5.74, 6) is 0. The first-order valence-corrected chi connectivity index (χ1v) is 6.41. The quantitative estimate of drug-likeness (QED) is 0.865. The van der Waals surface area contributed by atoms with Gasteiger partial charge in [0, 0.05) is 13.1 Å². The fraction of sp³-hybridized carbons (Fsp3) is 0.417. The van der Waals surface area contributed by atoms with E-state index in [4.69, 9.17) is 5.73 Å². The Morgan fingerprint density at radius 2 is 2.19 bits per heavy atom. The Labute approximate surface area is 98.9 Å². The maximum Gasteiger partial charge on any atom is 0.186 e. The average molecular weight is 233 g/mol. The van der Waals surface area contributed by atoms with Crippen molar-refractivity contribution in [2.45, 2.75) is 18.9 Å². The highest BCUT2D eigenvalue weighted by molar-refractivity contribution is 7.22. The van der Waals surface area contributed by atoms with Gasteiger partial charge in [-0.05, 0) is 18.6 Å². The van der Waals surface area contributed by atoms with Gasteiger partial charge in [0.2, 0.25) is 0 Å². The molecule has 0 unspecified atom stereocenters. The largest absolute Gasteiger partial charge is 0.344 e. The van der Waals surface area contributed by atoms with Gasteiger partial charge in [-0.3, -0.25) is 0 Å². The highest BCUT2D eigenvalue weighted by Gasteiger charge is 2.39. The van der Waals surface area contributed by atoms with E-state index in [2.05, 4.69) is 35.0 Å². The molecule has 3 nitrogen and oxygen atoms in total. The van der Waals surface area contributed by atoms with Gasteiger partial charge in [0.25, 0.3) is 0 Å². The summed E-state index contributed by atoms with van der Waals surface area (Å²) in [7, 11) is 0. The first-order chi connectivity index (χ1) is 7.70. The van der Waals surface area contributed by atoms with Gasteiger partial charge >= 0.3 is 0 Å². The van der Waals surface area contributed by atoms with Crippen LogP contribution in [0, 0.1) is 0 Å². The van der Waals surface area contributed by atoms with Crippen molar-refractivity contribution in [1.29, 1.82) is 0 Å². The molecule has 0 saturated carbocycles. The van der Waals surface area contributed by atoms with Crippen LogP contribution in [-0.2, 0) is 0 Å². The van der Waals surface area contributed by atoms with E-state index in [1.165, 1.54) is 4.70 Å². The number of hydrogen-bond donors (Lipinski definition) is 1. The van der Waals surface area contributed by atoms with Gasteiger partial charge in [-0.25, -0.2) is 4.98 Å². The smallest absolute Gasteiger partial charge is 0.186 e. The van der Waals surface area contributed by atoms with Crippen LogP contribution in [0.15, 0.2) is 24.3 Å². The number of aromatic nitrogens is 1. The third kappa shape index (κ3) is 1.49. The molecule has 1 aromatic heterocycles. The molecule has 0 bridgehead atoms. The molecule has 0 radical (unpaired) electrons. The second kappa shape index (κ2) is 3.43. The van der Waals surface area contributed by atoms with Crippen molar-refractivity contribution in [2.24, 2.45) is 5.73 Å². The molecule has 2 aromatic rings. The van der Waals surface area contributed by atoms with Crippen LogP contribution in [0.4, 0.5) is 5.13 Å². The van der Waals surface area contributed by atoms with Gasteiger partial charge in [-0.15, -0.1) is 0 Å². The minimum Gasteiger partial charge on any atom is -0.344 e. The van der Waals surface area contributed by atoms with E-state index < -0.39 is 0 Å². The molecule has 16 heavy (non-hydrogen) atoms. The Hall–Kier alpha value is -1.13. The molecule has 1 aliphatic heterocycles. The normalized spacial score (nSPS) is 18.8. The molecule has 4 heteroatoms. The summed E-state index contributed by atoms with van der Waals surface area (Å²) >= 11 is 1.75. The first-order valence-electron chi connectivity index (χ1n) is 5.60. The number of benzene rings is 1. The standard InChI is InChI=1S/C12H15N3S/c1-2-12(13)7-15(8-12)11-14-9-5-3-4-6-10(9)16-11/h3-6H,2,7-8,13H2,1H3. The van der Waals surface area contributed by atoms with Crippen molar-refractivity contribution in [3.05, 3.63) is 24.3 Å². The number of thiazole rings is 1.